The molecule has 11 nitrogen and oxygen atoms in total. The van der Waals surface area contributed by atoms with Crippen molar-refractivity contribution >= 4 is 40.0 Å². The van der Waals surface area contributed by atoms with Crippen molar-refractivity contribution < 1.29 is 19.1 Å². The highest BCUT2D eigenvalue weighted by molar-refractivity contribution is 5.98. The lowest BCUT2D eigenvalue weighted by molar-refractivity contribution is 0.0757. The molecule has 0 saturated carbocycles. The highest BCUT2D eigenvalue weighted by Gasteiger charge is 2.29. The number of hydrogen-bond acceptors (Lipinski definition) is 8. The molecule has 11 heteroatoms. The Labute approximate surface area is 198 Å². The van der Waals surface area contributed by atoms with Gasteiger partial charge in [-0.05, 0) is 29.8 Å². The van der Waals surface area contributed by atoms with Crippen LogP contribution in [0, 0.1) is 0 Å². The number of fused-ring (bicyclic) bond motifs is 2. The number of hydrogen-bond donors (Lipinski definition) is 1. The molecule has 5 aromatic rings. The Morgan fingerprint density at radius 2 is 1.34 bits per heavy atom. The van der Waals surface area contributed by atoms with Crippen LogP contribution < -0.4 is 5.32 Å². The smallest absolute Gasteiger partial charge is 0.408 e. The number of amides is 1. The van der Waals surface area contributed by atoms with Gasteiger partial charge in [0.15, 0.2) is 0 Å². The average Bonchev–Trinajstić information content (AvgIpc) is 3.52. The number of para-hydroxylation sites is 2. The van der Waals surface area contributed by atoms with Crippen LogP contribution in [-0.4, -0.2) is 53.9 Å². The molecule has 174 valence electrons. The van der Waals surface area contributed by atoms with Crippen LogP contribution in [0.5, 0.6) is 0 Å². The van der Waals surface area contributed by atoms with Crippen molar-refractivity contribution in [1.82, 2.24) is 35.3 Å². The zero-order valence-corrected chi connectivity index (χ0v) is 18.3. The summed E-state index contributed by atoms with van der Waals surface area (Å²) in [5, 5.41) is 18.3. The Bertz CT molecular complexity index is 1530. The van der Waals surface area contributed by atoms with Crippen molar-refractivity contribution in [1.29, 1.82) is 0 Å². The van der Waals surface area contributed by atoms with E-state index in [1.165, 1.54) is 0 Å². The van der Waals surface area contributed by atoms with Gasteiger partial charge in [-0.3, -0.25) is 9.59 Å². The largest absolute Gasteiger partial charge is 0.445 e. The average molecular weight is 469 g/mol. The molecule has 3 aromatic carbocycles. The molecule has 2 heterocycles. The molecule has 1 atom stereocenters. The number of rotatable bonds is 6. The topological polar surface area (TPSA) is 134 Å². The summed E-state index contributed by atoms with van der Waals surface area (Å²) in [5.74, 6) is -1.18. The fourth-order valence-electron chi connectivity index (χ4n) is 3.60. The first-order valence-corrected chi connectivity index (χ1v) is 10.8. The zero-order chi connectivity index (χ0) is 24.2. The van der Waals surface area contributed by atoms with Gasteiger partial charge in [0, 0.05) is 0 Å². The summed E-state index contributed by atoms with van der Waals surface area (Å²) in [4.78, 5) is 39.1. The molecule has 2 aromatic heterocycles. The van der Waals surface area contributed by atoms with E-state index in [1.807, 2.05) is 18.2 Å². The van der Waals surface area contributed by atoms with Gasteiger partial charge < -0.3 is 10.1 Å². The molecule has 0 fully saturated rings. The van der Waals surface area contributed by atoms with Crippen LogP contribution in [0.2, 0.25) is 0 Å². The Morgan fingerprint density at radius 3 is 2.03 bits per heavy atom. The molecule has 0 radical (unpaired) electrons. The van der Waals surface area contributed by atoms with Gasteiger partial charge >= 0.3 is 6.09 Å². The highest BCUT2D eigenvalue weighted by atomic mass is 16.5. The number of nitrogens with zero attached hydrogens (tertiary/aromatic N) is 6. The fraction of sp³-hybridized carbons (Fsp3) is 0.125. The van der Waals surface area contributed by atoms with E-state index in [1.54, 1.807) is 60.7 Å². The quantitative estimate of drug-likeness (QED) is 0.401. The van der Waals surface area contributed by atoms with E-state index < -0.39 is 30.4 Å². The molecule has 1 amide bonds. The van der Waals surface area contributed by atoms with Crippen LogP contribution in [0.1, 0.15) is 21.6 Å². The zero-order valence-electron chi connectivity index (χ0n) is 18.3. The third-order valence-electron chi connectivity index (χ3n) is 5.33. The minimum absolute atomic E-state index is 0.00149. The fourth-order valence-corrected chi connectivity index (χ4v) is 3.60. The lowest BCUT2D eigenvalue weighted by Gasteiger charge is -2.17. The molecule has 0 aliphatic rings. The second-order valence-electron chi connectivity index (χ2n) is 7.67. The summed E-state index contributed by atoms with van der Waals surface area (Å²) in [6.45, 7) is 0.00149. The molecule has 0 bridgehead atoms. The molecule has 0 unspecified atom stereocenters. The maximum Gasteiger partial charge on any atom is 0.408 e. The second kappa shape index (κ2) is 9.51. The monoisotopic (exact) mass is 469 g/mol. The predicted molar refractivity (Wildman–Crippen MR) is 124 cm³/mol. The van der Waals surface area contributed by atoms with Crippen LogP contribution in [0.3, 0.4) is 0 Å². The van der Waals surface area contributed by atoms with Gasteiger partial charge in [-0.2, -0.15) is 9.36 Å². The number of alkyl carbamates (subject to hydrolysis) is 1. The van der Waals surface area contributed by atoms with Crippen molar-refractivity contribution in [3.63, 3.8) is 0 Å². The number of ether oxygens (including phenoxy) is 1. The first kappa shape index (κ1) is 21.9. The first-order valence-electron chi connectivity index (χ1n) is 10.8. The van der Waals surface area contributed by atoms with Gasteiger partial charge in [0.2, 0.25) is 0 Å². The summed E-state index contributed by atoms with van der Waals surface area (Å²) in [7, 11) is 0. The van der Waals surface area contributed by atoms with Crippen LogP contribution in [0.15, 0.2) is 78.9 Å². The Balaban J connectivity index is 1.39. The van der Waals surface area contributed by atoms with Gasteiger partial charge in [-0.1, -0.05) is 65.0 Å². The Hall–Kier alpha value is -4.93. The number of benzene rings is 3. The third-order valence-corrected chi connectivity index (χ3v) is 5.33. The maximum absolute atomic E-state index is 13.4. The van der Waals surface area contributed by atoms with Gasteiger partial charge in [0.1, 0.15) is 23.7 Å². The SMILES string of the molecule is O=C(N[C@@H](CC(=O)n1nnc2ccccc21)C(=O)n1nnc2ccccc21)OCc1ccccc1. The summed E-state index contributed by atoms with van der Waals surface area (Å²) in [6.07, 6.45) is -1.26. The molecule has 35 heavy (non-hydrogen) atoms. The van der Waals surface area contributed by atoms with Gasteiger partial charge in [0.25, 0.3) is 11.8 Å². The van der Waals surface area contributed by atoms with E-state index in [4.69, 9.17) is 4.74 Å². The van der Waals surface area contributed by atoms with Crippen LogP contribution >= 0.6 is 0 Å². The summed E-state index contributed by atoms with van der Waals surface area (Å²) in [5.41, 5.74) is 2.74. The first-order chi connectivity index (χ1) is 17.1. The Kier molecular flexibility index (Phi) is 5.95. The van der Waals surface area contributed by atoms with Crippen LogP contribution in [0.4, 0.5) is 4.79 Å². The molecule has 1 N–H and O–H groups in total. The Morgan fingerprint density at radius 1 is 0.771 bits per heavy atom. The molecular weight excluding hydrogens is 450 g/mol. The maximum atomic E-state index is 13.4. The lowest BCUT2D eigenvalue weighted by atomic mass is 10.1. The molecule has 0 aliphatic carbocycles. The number of aromatic nitrogens is 6. The van der Waals surface area contributed by atoms with Crippen LogP contribution in [0.25, 0.3) is 22.1 Å². The van der Waals surface area contributed by atoms with Gasteiger partial charge in [0.05, 0.1) is 17.5 Å². The number of nitrogens with one attached hydrogen (secondary N) is 1. The molecule has 0 spiro atoms. The van der Waals surface area contributed by atoms with Crippen molar-refractivity contribution in [2.24, 2.45) is 0 Å². The summed E-state index contributed by atoms with van der Waals surface area (Å²) in [6, 6.07) is 21.6. The van der Waals surface area contributed by atoms with E-state index >= 15 is 0 Å². The highest BCUT2D eigenvalue weighted by Crippen LogP contribution is 2.14. The molecule has 0 aliphatic heterocycles. The van der Waals surface area contributed by atoms with E-state index in [2.05, 4.69) is 25.9 Å². The minimum atomic E-state index is -1.29. The normalized spacial score (nSPS) is 11.9. The van der Waals surface area contributed by atoms with Crippen LogP contribution in [-0.2, 0) is 11.3 Å². The summed E-state index contributed by atoms with van der Waals surface area (Å²) < 4.78 is 7.43. The van der Waals surface area contributed by atoms with E-state index in [-0.39, 0.29) is 6.61 Å². The number of carbonyl (C=O) groups is 3. The summed E-state index contributed by atoms with van der Waals surface area (Å²) >= 11 is 0. The van der Waals surface area contributed by atoms with Gasteiger partial charge in [-0.15, -0.1) is 10.2 Å². The molecule has 0 saturated heterocycles. The van der Waals surface area contributed by atoms with Crippen molar-refractivity contribution in [3.05, 3.63) is 84.4 Å². The molecular formula is C24H19N7O4. The number of carbonyl (C=O) groups excluding carboxylic acids is 3. The van der Waals surface area contributed by atoms with E-state index in [0.29, 0.717) is 22.1 Å². The van der Waals surface area contributed by atoms with E-state index in [0.717, 1.165) is 14.9 Å². The van der Waals surface area contributed by atoms with E-state index in [9.17, 15) is 14.4 Å². The standard InChI is InChI=1S/C24H19N7O4/c32-22(30-20-12-6-4-10-17(20)26-28-30)14-19(25-24(34)35-15-16-8-2-1-3-9-16)23(33)31-21-13-7-5-11-18(21)27-29-31/h1-13,19H,14-15H2,(H,25,34)/t19-/m0/s1. The predicted octanol–water partition coefficient (Wildman–Crippen LogP) is 2.84. The second-order valence-corrected chi connectivity index (χ2v) is 7.67. The third kappa shape index (κ3) is 4.60. The van der Waals surface area contributed by atoms with Crippen molar-refractivity contribution in [3.8, 4) is 0 Å². The minimum Gasteiger partial charge on any atom is -0.445 e. The van der Waals surface area contributed by atoms with Crippen molar-refractivity contribution in [2.75, 3.05) is 0 Å². The van der Waals surface area contributed by atoms with Crippen molar-refractivity contribution in [2.45, 2.75) is 19.1 Å². The van der Waals surface area contributed by atoms with Gasteiger partial charge in [-0.25, -0.2) is 4.79 Å². The molecule has 5 rings (SSSR count). The lowest BCUT2D eigenvalue weighted by Crippen LogP contribution is -2.45.